The Morgan fingerprint density at radius 1 is 1.03 bits per heavy atom. The van der Waals surface area contributed by atoms with Crippen LogP contribution in [0.4, 0.5) is 5.69 Å². The van der Waals surface area contributed by atoms with Crippen LogP contribution >= 0.6 is 0 Å². The highest BCUT2D eigenvalue weighted by molar-refractivity contribution is 5.77. The van der Waals surface area contributed by atoms with Crippen LogP contribution in [0.25, 0.3) is 28.7 Å². The normalized spacial score (nSPS) is 11.8. The highest BCUT2D eigenvalue weighted by atomic mass is 16.2. The molecule has 0 unspecified atom stereocenters. The number of fused-ring (bicyclic) bond motifs is 3. The molecule has 0 atom stereocenters. The maximum Gasteiger partial charge on any atom is 0.332 e. The summed E-state index contributed by atoms with van der Waals surface area (Å²) < 4.78 is 6.25. The number of para-hydroxylation sites is 2. The van der Waals surface area contributed by atoms with Gasteiger partial charge in [-0.15, -0.1) is 0 Å². The fourth-order valence-electron chi connectivity index (χ4n) is 4.02. The van der Waals surface area contributed by atoms with Crippen molar-refractivity contribution in [3.63, 3.8) is 0 Å². The first-order valence-electron chi connectivity index (χ1n) is 10.2. The van der Waals surface area contributed by atoms with Crippen LogP contribution in [0.15, 0.2) is 76.5 Å². The first-order chi connectivity index (χ1) is 15.5. The lowest BCUT2D eigenvalue weighted by atomic mass is 10.2. The molecule has 0 spiro atoms. The van der Waals surface area contributed by atoms with Gasteiger partial charge in [-0.3, -0.25) is 22.9 Å². The Labute approximate surface area is 183 Å². The van der Waals surface area contributed by atoms with Crippen LogP contribution in [0.3, 0.4) is 0 Å². The third-order valence-corrected chi connectivity index (χ3v) is 5.60. The Balaban J connectivity index is 1.71. The molecular weight excluding hydrogens is 404 g/mol. The van der Waals surface area contributed by atoms with Gasteiger partial charge in [0.15, 0.2) is 11.2 Å². The van der Waals surface area contributed by atoms with Crippen molar-refractivity contribution in [2.24, 2.45) is 7.05 Å². The average Bonchev–Trinajstić information content (AvgIpc) is 3.30. The van der Waals surface area contributed by atoms with Crippen LogP contribution < -0.4 is 17.0 Å². The summed E-state index contributed by atoms with van der Waals surface area (Å²) in [4.78, 5) is 30.9. The summed E-state index contributed by atoms with van der Waals surface area (Å²) in [6, 6.07) is 17.2. The van der Waals surface area contributed by atoms with Crippen LogP contribution in [0, 0.1) is 6.92 Å². The van der Waals surface area contributed by atoms with Crippen molar-refractivity contribution in [1.29, 1.82) is 0 Å². The Hall–Kier alpha value is -4.33. The second-order valence-corrected chi connectivity index (χ2v) is 7.69. The minimum Gasteiger partial charge on any atom is -0.397 e. The summed E-state index contributed by atoms with van der Waals surface area (Å²) in [6.45, 7) is 2.09. The fourth-order valence-corrected chi connectivity index (χ4v) is 4.02. The van der Waals surface area contributed by atoms with Crippen molar-refractivity contribution in [2.75, 3.05) is 5.73 Å². The largest absolute Gasteiger partial charge is 0.397 e. The van der Waals surface area contributed by atoms with E-state index in [1.807, 2.05) is 84.4 Å². The highest BCUT2D eigenvalue weighted by Crippen LogP contribution is 2.24. The topological polar surface area (TPSA) is 92.2 Å². The molecule has 2 aromatic carbocycles. The lowest BCUT2D eigenvalue weighted by Crippen LogP contribution is -2.39. The van der Waals surface area contributed by atoms with Crippen molar-refractivity contribution < 1.29 is 0 Å². The van der Waals surface area contributed by atoms with Gasteiger partial charge in [0.2, 0.25) is 5.78 Å². The smallest absolute Gasteiger partial charge is 0.332 e. The van der Waals surface area contributed by atoms with E-state index >= 15 is 0 Å². The third kappa shape index (κ3) is 2.96. The first kappa shape index (κ1) is 19.6. The Morgan fingerprint density at radius 2 is 1.75 bits per heavy atom. The first-order valence-corrected chi connectivity index (χ1v) is 10.2. The van der Waals surface area contributed by atoms with Crippen molar-refractivity contribution in [2.45, 2.75) is 13.5 Å². The van der Waals surface area contributed by atoms with Crippen molar-refractivity contribution >= 4 is 28.7 Å². The maximum atomic E-state index is 13.4. The van der Waals surface area contributed by atoms with E-state index in [9.17, 15) is 9.59 Å². The van der Waals surface area contributed by atoms with Crippen molar-refractivity contribution in [1.82, 2.24) is 23.1 Å². The summed E-state index contributed by atoms with van der Waals surface area (Å²) in [6.07, 6.45) is 5.54. The molecule has 5 rings (SSSR count). The van der Waals surface area contributed by atoms with Gasteiger partial charge in [-0.25, -0.2) is 4.79 Å². The lowest BCUT2D eigenvalue weighted by Gasteiger charge is -2.08. The molecule has 0 bridgehead atoms. The van der Waals surface area contributed by atoms with Crippen LogP contribution in [0.5, 0.6) is 0 Å². The van der Waals surface area contributed by atoms with E-state index in [-0.39, 0.29) is 12.1 Å². The van der Waals surface area contributed by atoms with E-state index in [1.54, 1.807) is 11.4 Å². The SMILES string of the molecule is Cc1cn2c3c(=O)n(CC=Cc4ccccc4)c(=O)n(C)c3nc2n1-c1ccccc1N. The van der Waals surface area contributed by atoms with E-state index < -0.39 is 5.69 Å². The summed E-state index contributed by atoms with van der Waals surface area (Å²) >= 11 is 0. The van der Waals surface area contributed by atoms with Gasteiger partial charge in [-0.05, 0) is 24.6 Å². The van der Waals surface area contributed by atoms with Gasteiger partial charge in [-0.1, -0.05) is 54.6 Å². The molecule has 160 valence electrons. The van der Waals surface area contributed by atoms with Gasteiger partial charge in [0.05, 0.1) is 11.4 Å². The summed E-state index contributed by atoms with van der Waals surface area (Å²) in [5, 5.41) is 0. The number of allylic oxidation sites excluding steroid dienone is 1. The summed E-state index contributed by atoms with van der Waals surface area (Å²) in [5.41, 5.74) is 9.32. The molecule has 8 heteroatoms. The van der Waals surface area contributed by atoms with Crippen molar-refractivity contribution in [3.05, 3.63) is 99.0 Å². The quantitative estimate of drug-likeness (QED) is 0.447. The number of nitrogens with zero attached hydrogens (tertiary/aromatic N) is 5. The number of imidazole rings is 2. The van der Waals surface area contributed by atoms with E-state index in [4.69, 9.17) is 5.73 Å². The molecule has 3 heterocycles. The zero-order chi connectivity index (χ0) is 22.4. The zero-order valence-electron chi connectivity index (χ0n) is 17.8. The second kappa shape index (κ2) is 7.42. The maximum absolute atomic E-state index is 13.4. The molecule has 0 fully saturated rings. The predicted molar refractivity (Wildman–Crippen MR) is 126 cm³/mol. The molecule has 0 aliphatic carbocycles. The number of aryl methyl sites for hydroxylation is 2. The molecule has 0 radical (unpaired) electrons. The molecule has 0 aliphatic heterocycles. The van der Waals surface area contributed by atoms with E-state index in [2.05, 4.69) is 4.98 Å². The Bertz CT molecular complexity index is 1620. The number of aromatic nitrogens is 5. The predicted octanol–water partition coefficient (Wildman–Crippen LogP) is 2.74. The molecule has 32 heavy (non-hydrogen) atoms. The van der Waals surface area contributed by atoms with E-state index in [0.29, 0.717) is 22.6 Å². The van der Waals surface area contributed by atoms with Crippen LogP contribution in [-0.4, -0.2) is 23.1 Å². The zero-order valence-corrected chi connectivity index (χ0v) is 17.8. The number of hydrogen-bond acceptors (Lipinski definition) is 4. The summed E-state index contributed by atoms with van der Waals surface area (Å²) in [5.74, 6) is 0.528. The molecule has 0 amide bonds. The summed E-state index contributed by atoms with van der Waals surface area (Å²) in [7, 11) is 1.63. The van der Waals surface area contributed by atoms with E-state index in [1.165, 1.54) is 9.13 Å². The number of hydrogen-bond donors (Lipinski definition) is 1. The van der Waals surface area contributed by atoms with Gasteiger partial charge in [-0.2, -0.15) is 4.98 Å². The molecule has 2 N–H and O–H groups in total. The van der Waals surface area contributed by atoms with Gasteiger partial charge < -0.3 is 5.73 Å². The fraction of sp³-hybridized carbons (Fsp3) is 0.125. The standard InChI is InChI=1S/C24H22N6O2/c1-16-15-29-20-21(26-23(29)30(16)19-13-7-6-12-18(19)25)27(2)24(32)28(22(20)31)14-8-11-17-9-4-3-5-10-17/h3-13,15H,14,25H2,1-2H3. The molecular formula is C24H22N6O2. The van der Waals surface area contributed by atoms with Crippen LogP contribution in [0.1, 0.15) is 11.3 Å². The van der Waals surface area contributed by atoms with Crippen molar-refractivity contribution in [3.8, 4) is 5.69 Å². The van der Waals surface area contributed by atoms with E-state index in [0.717, 1.165) is 16.9 Å². The van der Waals surface area contributed by atoms with Gasteiger partial charge in [0.25, 0.3) is 5.56 Å². The number of nitrogen functional groups attached to an aromatic ring is 1. The number of rotatable bonds is 4. The highest BCUT2D eigenvalue weighted by Gasteiger charge is 2.21. The van der Waals surface area contributed by atoms with Gasteiger partial charge in [0, 0.05) is 25.5 Å². The number of benzene rings is 2. The van der Waals surface area contributed by atoms with Gasteiger partial charge >= 0.3 is 5.69 Å². The Kier molecular flexibility index (Phi) is 4.55. The second-order valence-electron chi connectivity index (χ2n) is 7.69. The molecule has 0 saturated carbocycles. The molecule has 0 saturated heterocycles. The third-order valence-electron chi connectivity index (χ3n) is 5.60. The minimum absolute atomic E-state index is 0.162. The monoisotopic (exact) mass is 426 g/mol. The minimum atomic E-state index is -0.413. The Morgan fingerprint density at radius 3 is 2.50 bits per heavy atom. The number of anilines is 1. The molecule has 3 aromatic heterocycles. The average molecular weight is 426 g/mol. The molecule has 5 aromatic rings. The van der Waals surface area contributed by atoms with Gasteiger partial charge in [0.1, 0.15) is 0 Å². The lowest BCUT2D eigenvalue weighted by molar-refractivity contribution is 0.667. The number of nitrogens with two attached hydrogens (primary N) is 1. The van der Waals surface area contributed by atoms with Crippen LogP contribution in [-0.2, 0) is 13.6 Å². The molecule has 0 aliphatic rings. The molecule has 8 nitrogen and oxygen atoms in total. The van der Waals surface area contributed by atoms with Crippen LogP contribution in [0.2, 0.25) is 0 Å².